The maximum Gasteiger partial charge on any atom is 0.218 e. The van der Waals surface area contributed by atoms with Gasteiger partial charge in [0, 0.05) is 25.2 Å². The molecular weight excluding hydrogens is 343 g/mol. The van der Waals surface area contributed by atoms with Gasteiger partial charge < -0.3 is 10.1 Å². The minimum absolute atomic E-state index is 0.226. The number of nitrogens with zero attached hydrogens (tertiary/aromatic N) is 1. The number of rotatable bonds is 5. The van der Waals surface area contributed by atoms with E-state index in [1.54, 1.807) is 13.2 Å². The van der Waals surface area contributed by atoms with Crippen molar-refractivity contribution in [1.29, 1.82) is 0 Å². The number of methoxy groups -OCH3 is 1. The standard InChI is InChI=1S/C18H21FN2O3S/c1-24-18-8-3-2-7-16(18)17-12-20-9-10-21(17)25(22,23)13-14-5-4-6-15(19)11-14/h2-8,11,17,20H,9-10,12-13H2,1H3. The highest BCUT2D eigenvalue weighted by molar-refractivity contribution is 7.88. The summed E-state index contributed by atoms with van der Waals surface area (Å²) >= 11 is 0. The molecule has 0 bridgehead atoms. The van der Waals surface area contributed by atoms with Gasteiger partial charge in [-0.2, -0.15) is 4.31 Å². The van der Waals surface area contributed by atoms with Crippen LogP contribution in [0.2, 0.25) is 0 Å². The van der Waals surface area contributed by atoms with E-state index in [0.717, 1.165) is 5.56 Å². The van der Waals surface area contributed by atoms with Crippen molar-refractivity contribution >= 4 is 10.0 Å². The average molecular weight is 364 g/mol. The minimum Gasteiger partial charge on any atom is -0.496 e. The van der Waals surface area contributed by atoms with Crippen molar-refractivity contribution in [1.82, 2.24) is 9.62 Å². The summed E-state index contributed by atoms with van der Waals surface area (Å²) in [7, 11) is -2.03. The monoisotopic (exact) mass is 364 g/mol. The molecule has 5 nitrogen and oxygen atoms in total. The minimum atomic E-state index is -3.60. The fourth-order valence-corrected chi connectivity index (χ4v) is 4.86. The van der Waals surface area contributed by atoms with Gasteiger partial charge in [0.1, 0.15) is 11.6 Å². The number of ether oxygens (including phenoxy) is 1. The summed E-state index contributed by atoms with van der Waals surface area (Å²) in [5, 5.41) is 3.24. The lowest BCUT2D eigenvalue weighted by Gasteiger charge is -2.36. The molecule has 3 rings (SSSR count). The van der Waals surface area contributed by atoms with Crippen LogP contribution in [0.1, 0.15) is 17.2 Å². The lowest BCUT2D eigenvalue weighted by atomic mass is 10.0. The molecule has 134 valence electrons. The second-order valence-electron chi connectivity index (χ2n) is 5.96. The van der Waals surface area contributed by atoms with E-state index in [9.17, 15) is 12.8 Å². The quantitative estimate of drug-likeness (QED) is 0.885. The highest BCUT2D eigenvalue weighted by Crippen LogP contribution is 2.32. The Balaban J connectivity index is 1.92. The Morgan fingerprint density at radius 1 is 1.24 bits per heavy atom. The van der Waals surface area contributed by atoms with Crippen molar-refractivity contribution in [3.8, 4) is 5.75 Å². The van der Waals surface area contributed by atoms with Gasteiger partial charge in [-0.05, 0) is 23.8 Å². The zero-order valence-corrected chi connectivity index (χ0v) is 14.8. The molecule has 0 saturated carbocycles. The molecule has 2 aromatic rings. The van der Waals surface area contributed by atoms with Gasteiger partial charge in [-0.3, -0.25) is 0 Å². The smallest absolute Gasteiger partial charge is 0.218 e. The van der Waals surface area contributed by atoms with Crippen molar-refractivity contribution in [3.63, 3.8) is 0 Å². The molecule has 7 heteroatoms. The Hall–Kier alpha value is -1.96. The van der Waals surface area contributed by atoms with Gasteiger partial charge in [-0.15, -0.1) is 0 Å². The molecule has 1 fully saturated rings. The fourth-order valence-electron chi connectivity index (χ4n) is 3.15. The summed E-state index contributed by atoms with van der Waals surface area (Å²) in [6.45, 7) is 1.44. The van der Waals surface area contributed by atoms with Gasteiger partial charge in [0.15, 0.2) is 0 Å². The normalized spacial score (nSPS) is 18.9. The molecule has 0 amide bonds. The average Bonchev–Trinajstić information content (AvgIpc) is 2.61. The van der Waals surface area contributed by atoms with Crippen molar-refractivity contribution in [2.75, 3.05) is 26.7 Å². The molecule has 0 spiro atoms. The van der Waals surface area contributed by atoms with E-state index < -0.39 is 15.8 Å². The van der Waals surface area contributed by atoms with Crippen LogP contribution in [0.4, 0.5) is 4.39 Å². The van der Waals surface area contributed by atoms with Crippen LogP contribution in [0.5, 0.6) is 5.75 Å². The van der Waals surface area contributed by atoms with E-state index in [4.69, 9.17) is 4.74 Å². The molecule has 25 heavy (non-hydrogen) atoms. The van der Waals surface area contributed by atoms with Crippen LogP contribution in [-0.2, 0) is 15.8 Å². The number of hydrogen-bond donors (Lipinski definition) is 1. The maximum absolute atomic E-state index is 13.4. The third kappa shape index (κ3) is 4.00. The van der Waals surface area contributed by atoms with Crippen LogP contribution >= 0.6 is 0 Å². The molecule has 1 aliphatic rings. The van der Waals surface area contributed by atoms with E-state index in [-0.39, 0.29) is 11.8 Å². The lowest BCUT2D eigenvalue weighted by molar-refractivity contribution is 0.264. The zero-order chi connectivity index (χ0) is 17.9. The first-order chi connectivity index (χ1) is 12.0. The van der Waals surface area contributed by atoms with Crippen molar-refractivity contribution in [2.45, 2.75) is 11.8 Å². The zero-order valence-electron chi connectivity index (χ0n) is 14.0. The highest BCUT2D eigenvalue weighted by atomic mass is 32.2. The molecule has 1 N–H and O–H groups in total. The second kappa shape index (κ2) is 7.51. The molecular formula is C18H21FN2O3S. The third-order valence-electron chi connectivity index (χ3n) is 4.29. The van der Waals surface area contributed by atoms with Gasteiger partial charge in [-0.1, -0.05) is 30.3 Å². The van der Waals surface area contributed by atoms with E-state index >= 15 is 0 Å². The van der Waals surface area contributed by atoms with E-state index in [0.29, 0.717) is 30.9 Å². The number of halogens is 1. The molecule has 0 aliphatic carbocycles. The number of hydrogen-bond acceptors (Lipinski definition) is 4. The first-order valence-corrected chi connectivity index (χ1v) is 9.70. The molecule has 0 radical (unpaired) electrons. The van der Waals surface area contributed by atoms with Gasteiger partial charge in [0.2, 0.25) is 10.0 Å². The first kappa shape index (κ1) is 17.8. The van der Waals surface area contributed by atoms with Crippen molar-refractivity contribution < 1.29 is 17.5 Å². The van der Waals surface area contributed by atoms with Gasteiger partial charge in [-0.25, -0.2) is 12.8 Å². The van der Waals surface area contributed by atoms with Crippen LogP contribution in [0.3, 0.4) is 0 Å². The molecule has 0 aromatic heterocycles. The first-order valence-electron chi connectivity index (χ1n) is 8.09. The summed E-state index contributed by atoms with van der Waals surface area (Å²) in [5.41, 5.74) is 1.26. The molecule has 1 atom stereocenters. The SMILES string of the molecule is COc1ccccc1C1CNCCN1S(=O)(=O)Cc1cccc(F)c1. The third-order valence-corrected chi connectivity index (χ3v) is 6.14. The summed E-state index contributed by atoms with van der Waals surface area (Å²) in [5.74, 6) is -0.00685. The van der Waals surface area contributed by atoms with Crippen LogP contribution < -0.4 is 10.1 Å². The van der Waals surface area contributed by atoms with E-state index in [1.165, 1.54) is 22.5 Å². The van der Waals surface area contributed by atoms with Crippen LogP contribution in [0.25, 0.3) is 0 Å². The molecule has 1 saturated heterocycles. The predicted molar refractivity (Wildman–Crippen MR) is 94.3 cm³/mol. The van der Waals surface area contributed by atoms with Crippen LogP contribution in [0, 0.1) is 5.82 Å². The summed E-state index contributed by atoms with van der Waals surface area (Å²) < 4.78 is 46.2. The van der Waals surface area contributed by atoms with Gasteiger partial charge in [0.05, 0.1) is 18.9 Å². The van der Waals surface area contributed by atoms with Crippen LogP contribution in [-0.4, -0.2) is 39.5 Å². The Bertz CT molecular complexity index is 842. The Morgan fingerprint density at radius 2 is 2.04 bits per heavy atom. The Labute approximate surface area is 147 Å². The Morgan fingerprint density at radius 3 is 2.80 bits per heavy atom. The number of sulfonamides is 1. The second-order valence-corrected chi connectivity index (χ2v) is 7.88. The molecule has 1 aliphatic heterocycles. The van der Waals surface area contributed by atoms with E-state index in [2.05, 4.69) is 5.32 Å². The fraction of sp³-hybridized carbons (Fsp3) is 0.333. The molecule has 2 aromatic carbocycles. The Kier molecular flexibility index (Phi) is 5.36. The van der Waals surface area contributed by atoms with Gasteiger partial charge >= 0.3 is 0 Å². The molecule has 1 unspecified atom stereocenters. The van der Waals surface area contributed by atoms with Crippen molar-refractivity contribution in [3.05, 3.63) is 65.5 Å². The summed E-state index contributed by atoms with van der Waals surface area (Å²) in [6, 6.07) is 12.8. The summed E-state index contributed by atoms with van der Waals surface area (Å²) in [4.78, 5) is 0. The maximum atomic E-state index is 13.4. The predicted octanol–water partition coefficient (Wildman–Crippen LogP) is 2.31. The molecule has 1 heterocycles. The van der Waals surface area contributed by atoms with Crippen LogP contribution in [0.15, 0.2) is 48.5 Å². The number of para-hydroxylation sites is 1. The highest BCUT2D eigenvalue weighted by Gasteiger charge is 2.34. The number of benzene rings is 2. The lowest BCUT2D eigenvalue weighted by Crippen LogP contribution is -2.49. The van der Waals surface area contributed by atoms with E-state index in [1.807, 2.05) is 24.3 Å². The van der Waals surface area contributed by atoms with Crippen molar-refractivity contribution in [2.24, 2.45) is 0 Å². The van der Waals surface area contributed by atoms with Gasteiger partial charge in [0.25, 0.3) is 0 Å². The number of piperazine rings is 1. The topological polar surface area (TPSA) is 58.6 Å². The largest absolute Gasteiger partial charge is 0.496 e. The summed E-state index contributed by atoms with van der Waals surface area (Å²) in [6.07, 6.45) is 0. The number of nitrogens with one attached hydrogen (secondary N) is 1.